The first-order chi connectivity index (χ1) is 13.1. The molecule has 0 atom stereocenters. The van der Waals surface area contributed by atoms with Crippen LogP contribution >= 0.6 is 0 Å². The Hall–Kier alpha value is -2.89. The minimum Gasteiger partial charge on any atom is -0.435 e. The molecule has 0 unspecified atom stereocenters. The van der Waals surface area contributed by atoms with Gasteiger partial charge < -0.3 is 14.6 Å². The second kappa shape index (κ2) is 7.39. The summed E-state index contributed by atoms with van der Waals surface area (Å²) in [7, 11) is 0. The summed E-state index contributed by atoms with van der Waals surface area (Å²) < 4.78 is 29.1. The summed E-state index contributed by atoms with van der Waals surface area (Å²) in [6.45, 7) is -1.63. The van der Waals surface area contributed by atoms with Gasteiger partial charge in [0, 0.05) is 35.8 Å². The smallest absolute Gasteiger partial charge is 0.387 e. The number of likely N-dealkylation sites (tertiary alicyclic amines) is 1. The van der Waals surface area contributed by atoms with Gasteiger partial charge in [0.25, 0.3) is 5.91 Å². The molecule has 1 amide bonds. The first-order valence-corrected chi connectivity index (χ1v) is 9.02. The first-order valence-electron chi connectivity index (χ1n) is 9.02. The summed E-state index contributed by atoms with van der Waals surface area (Å²) in [4.78, 5) is 18.0. The van der Waals surface area contributed by atoms with Crippen LogP contribution in [0.5, 0.6) is 5.75 Å². The largest absolute Gasteiger partial charge is 0.435 e. The number of benzene rings is 2. The highest BCUT2D eigenvalue weighted by Gasteiger charge is 2.25. The fraction of sp³-hybridized carbons (Fsp3) is 0.286. The van der Waals surface area contributed by atoms with Crippen LogP contribution in [0.1, 0.15) is 34.8 Å². The Morgan fingerprint density at radius 2 is 1.85 bits per heavy atom. The van der Waals surface area contributed by atoms with Gasteiger partial charge in [-0.25, -0.2) is 0 Å². The Morgan fingerprint density at radius 1 is 1.07 bits per heavy atom. The van der Waals surface area contributed by atoms with Crippen molar-refractivity contribution >= 4 is 16.8 Å². The van der Waals surface area contributed by atoms with Crippen LogP contribution < -0.4 is 4.74 Å². The van der Waals surface area contributed by atoms with Crippen LogP contribution in [0.4, 0.5) is 8.78 Å². The molecule has 0 radical (unpaired) electrons. The molecule has 1 saturated heterocycles. The average Bonchev–Trinajstić information content (AvgIpc) is 3.11. The van der Waals surface area contributed by atoms with Gasteiger partial charge in [0.1, 0.15) is 5.75 Å². The molecular formula is C21H20F2N2O2. The van der Waals surface area contributed by atoms with Crippen molar-refractivity contribution in [3.8, 4) is 5.75 Å². The second-order valence-electron chi connectivity index (χ2n) is 6.78. The Balaban J connectivity index is 1.42. The van der Waals surface area contributed by atoms with Gasteiger partial charge in [-0.3, -0.25) is 4.79 Å². The van der Waals surface area contributed by atoms with Gasteiger partial charge in [-0.1, -0.05) is 24.3 Å². The number of carbonyl (C=O) groups excluding carboxylic acids is 1. The van der Waals surface area contributed by atoms with Gasteiger partial charge >= 0.3 is 6.61 Å². The topological polar surface area (TPSA) is 45.3 Å². The zero-order valence-corrected chi connectivity index (χ0v) is 14.7. The number of alkyl halides is 2. The van der Waals surface area contributed by atoms with Gasteiger partial charge in [0.15, 0.2) is 0 Å². The number of aromatic amines is 1. The highest BCUT2D eigenvalue weighted by Crippen LogP contribution is 2.30. The molecule has 1 N–H and O–H groups in total. The van der Waals surface area contributed by atoms with Crippen LogP contribution in [0.15, 0.2) is 54.6 Å². The third-order valence-corrected chi connectivity index (χ3v) is 5.08. The number of amides is 1. The SMILES string of the molecule is O=C(c1cccc(OC(F)F)c1)N1CCC(c2cc3ccccc3[nH]2)CC1. The lowest BCUT2D eigenvalue weighted by atomic mass is 9.93. The summed E-state index contributed by atoms with van der Waals surface area (Å²) in [6.07, 6.45) is 1.73. The lowest BCUT2D eigenvalue weighted by molar-refractivity contribution is -0.0499. The molecule has 4 nitrogen and oxygen atoms in total. The fourth-order valence-electron chi connectivity index (χ4n) is 3.70. The maximum Gasteiger partial charge on any atom is 0.387 e. The van der Waals surface area contributed by atoms with E-state index in [1.165, 1.54) is 23.2 Å². The summed E-state index contributed by atoms with van der Waals surface area (Å²) in [6, 6.07) is 16.3. The lowest BCUT2D eigenvalue weighted by Gasteiger charge is -2.31. The normalized spacial score (nSPS) is 15.4. The number of rotatable bonds is 4. The van der Waals surface area contributed by atoms with E-state index in [4.69, 9.17) is 0 Å². The van der Waals surface area contributed by atoms with E-state index in [1.807, 2.05) is 12.1 Å². The summed E-state index contributed by atoms with van der Waals surface area (Å²) in [5.74, 6) is 0.239. The third kappa shape index (κ3) is 3.79. The Morgan fingerprint density at radius 3 is 2.59 bits per heavy atom. The van der Waals surface area contributed by atoms with Crippen molar-refractivity contribution < 1.29 is 18.3 Å². The number of ether oxygens (including phenoxy) is 1. The molecule has 2 aromatic carbocycles. The number of nitrogens with one attached hydrogen (secondary N) is 1. The number of halogens is 2. The van der Waals surface area contributed by atoms with Gasteiger partial charge in [0.05, 0.1) is 0 Å². The maximum atomic E-state index is 12.7. The molecule has 1 aliphatic heterocycles. The van der Waals surface area contributed by atoms with E-state index in [1.54, 1.807) is 17.0 Å². The highest BCUT2D eigenvalue weighted by atomic mass is 19.3. The van der Waals surface area contributed by atoms with Crippen molar-refractivity contribution in [1.29, 1.82) is 0 Å². The minimum atomic E-state index is -2.90. The molecule has 1 fully saturated rings. The lowest BCUT2D eigenvalue weighted by Crippen LogP contribution is -2.38. The van der Waals surface area contributed by atoms with Crippen molar-refractivity contribution in [2.24, 2.45) is 0 Å². The number of hydrogen-bond donors (Lipinski definition) is 1. The molecule has 6 heteroatoms. The number of carbonyl (C=O) groups is 1. The number of fused-ring (bicyclic) bond motifs is 1. The third-order valence-electron chi connectivity index (χ3n) is 5.08. The van der Waals surface area contributed by atoms with Crippen molar-refractivity contribution in [2.75, 3.05) is 13.1 Å². The molecule has 2 heterocycles. The quantitative estimate of drug-likeness (QED) is 0.718. The molecule has 140 valence electrons. The predicted octanol–water partition coefficient (Wildman–Crippen LogP) is 4.79. The van der Waals surface area contributed by atoms with E-state index >= 15 is 0 Å². The molecule has 4 rings (SSSR count). The summed E-state index contributed by atoms with van der Waals surface area (Å²) >= 11 is 0. The van der Waals surface area contributed by atoms with Crippen LogP contribution in [0.2, 0.25) is 0 Å². The zero-order valence-electron chi connectivity index (χ0n) is 14.7. The zero-order chi connectivity index (χ0) is 18.8. The molecule has 3 aromatic rings. The van der Waals surface area contributed by atoms with E-state index in [-0.39, 0.29) is 11.7 Å². The molecule has 0 bridgehead atoms. The number of aromatic nitrogens is 1. The molecule has 27 heavy (non-hydrogen) atoms. The van der Waals surface area contributed by atoms with Crippen LogP contribution in [0.3, 0.4) is 0 Å². The summed E-state index contributed by atoms with van der Waals surface area (Å²) in [5, 5.41) is 1.20. The van der Waals surface area contributed by atoms with E-state index in [9.17, 15) is 13.6 Å². The number of hydrogen-bond acceptors (Lipinski definition) is 2. The molecular weight excluding hydrogens is 350 g/mol. The van der Waals surface area contributed by atoms with Gasteiger partial charge in [0.2, 0.25) is 0 Å². The molecule has 0 spiro atoms. The van der Waals surface area contributed by atoms with E-state index in [2.05, 4.69) is 27.9 Å². The van der Waals surface area contributed by atoms with Gasteiger partial charge in [-0.2, -0.15) is 8.78 Å². The number of H-pyrrole nitrogens is 1. The van der Waals surface area contributed by atoms with Crippen molar-refractivity contribution in [2.45, 2.75) is 25.4 Å². The van der Waals surface area contributed by atoms with Crippen molar-refractivity contribution in [3.05, 3.63) is 65.9 Å². The Labute approximate surface area is 155 Å². The van der Waals surface area contributed by atoms with Crippen LogP contribution in [-0.2, 0) is 0 Å². The van der Waals surface area contributed by atoms with Gasteiger partial charge in [-0.05, 0) is 48.6 Å². The first kappa shape index (κ1) is 17.5. The second-order valence-corrected chi connectivity index (χ2v) is 6.78. The molecule has 1 aromatic heterocycles. The number of nitrogens with zero attached hydrogens (tertiary/aromatic N) is 1. The monoisotopic (exact) mass is 370 g/mol. The number of para-hydroxylation sites is 1. The Bertz CT molecular complexity index is 913. The summed E-state index contributed by atoms with van der Waals surface area (Å²) in [5.41, 5.74) is 2.70. The van der Waals surface area contributed by atoms with Crippen LogP contribution in [-0.4, -0.2) is 35.5 Å². The number of piperidine rings is 1. The highest BCUT2D eigenvalue weighted by molar-refractivity contribution is 5.94. The van der Waals surface area contributed by atoms with E-state index < -0.39 is 6.61 Å². The van der Waals surface area contributed by atoms with E-state index in [0.717, 1.165) is 18.4 Å². The molecule has 0 saturated carbocycles. The maximum absolute atomic E-state index is 12.7. The van der Waals surface area contributed by atoms with Crippen LogP contribution in [0, 0.1) is 0 Å². The van der Waals surface area contributed by atoms with Gasteiger partial charge in [-0.15, -0.1) is 0 Å². The van der Waals surface area contributed by atoms with Crippen molar-refractivity contribution in [3.63, 3.8) is 0 Å². The molecule has 1 aliphatic rings. The molecule has 0 aliphatic carbocycles. The average molecular weight is 370 g/mol. The standard InChI is InChI=1S/C21H20F2N2O2/c22-21(23)27-17-6-3-5-16(12-17)20(26)25-10-8-14(9-11-25)19-13-15-4-1-2-7-18(15)24-19/h1-7,12-14,21,24H,8-11H2. The van der Waals surface area contributed by atoms with Crippen molar-refractivity contribution in [1.82, 2.24) is 9.88 Å². The predicted molar refractivity (Wildman–Crippen MR) is 99.3 cm³/mol. The van der Waals surface area contributed by atoms with E-state index in [0.29, 0.717) is 24.6 Å². The minimum absolute atomic E-state index is 0.00353. The fourth-order valence-corrected chi connectivity index (χ4v) is 3.70. The van der Waals surface area contributed by atoms with Crippen LogP contribution in [0.25, 0.3) is 10.9 Å². The Kier molecular flexibility index (Phi) is 4.79.